The molecular formula is C18H39NO. The minimum atomic E-state index is 0.0237. The van der Waals surface area contributed by atoms with Gasteiger partial charge in [0.05, 0.1) is 0 Å². The smallest absolute Gasteiger partial charge is 0.0455 e. The molecule has 20 heavy (non-hydrogen) atoms. The van der Waals surface area contributed by atoms with Crippen LogP contribution < -0.4 is 0 Å². The molecule has 0 aliphatic carbocycles. The zero-order valence-corrected chi connectivity index (χ0v) is 14.6. The van der Waals surface area contributed by atoms with Crippen LogP contribution >= 0.6 is 0 Å². The maximum absolute atomic E-state index is 10.1. The fourth-order valence-corrected chi connectivity index (χ4v) is 3.20. The van der Waals surface area contributed by atoms with Crippen LogP contribution in [0, 0.1) is 0 Å². The topological polar surface area (TPSA) is 23.5 Å². The highest BCUT2D eigenvalue weighted by atomic mass is 16.5. The molecule has 0 heterocycles. The molecule has 2 heteroatoms. The molecule has 122 valence electrons. The van der Waals surface area contributed by atoms with E-state index in [1.165, 1.54) is 57.8 Å². The monoisotopic (exact) mass is 285 g/mol. The van der Waals surface area contributed by atoms with Crippen LogP contribution in [0.25, 0.3) is 0 Å². The average molecular weight is 286 g/mol. The Balaban J connectivity index is 3.69. The van der Waals surface area contributed by atoms with Gasteiger partial charge in [0.15, 0.2) is 0 Å². The van der Waals surface area contributed by atoms with Crippen LogP contribution in [0.5, 0.6) is 0 Å². The molecule has 0 saturated carbocycles. The van der Waals surface area contributed by atoms with Gasteiger partial charge in [-0.15, -0.1) is 0 Å². The standard InChI is InChI=1S/C18H39NO/c1-5-9-10-11-12-13-14-15-16-17-18(6-2,7-3)19(20)8-4/h20H,5-17H2,1-4H3. The summed E-state index contributed by atoms with van der Waals surface area (Å²) in [6.45, 7) is 9.45. The first-order valence-corrected chi connectivity index (χ1v) is 9.13. The molecule has 0 saturated heterocycles. The summed E-state index contributed by atoms with van der Waals surface area (Å²) in [5.74, 6) is 0. The molecular weight excluding hydrogens is 246 g/mol. The predicted molar refractivity (Wildman–Crippen MR) is 89.3 cm³/mol. The van der Waals surface area contributed by atoms with Gasteiger partial charge in [0.25, 0.3) is 0 Å². The van der Waals surface area contributed by atoms with Crippen molar-refractivity contribution in [3.63, 3.8) is 0 Å². The number of hydrogen-bond acceptors (Lipinski definition) is 2. The van der Waals surface area contributed by atoms with Crippen LogP contribution in [0.15, 0.2) is 0 Å². The van der Waals surface area contributed by atoms with E-state index in [0.717, 1.165) is 25.8 Å². The summed E-state index contributed by atoms with van der Waals surface area (Å²) in [4.78, 5) is 0. The van der Waals surface area contributed by atoms with E-state index in [4.69, 9.17) is 0 Å². The summed E-state index contributed by atoms with van der Waals surface area (Å²) in [5.41, 5.74) is 0.0237. The second kappa shape index (κ2) is 12.6. The summed E-state index contributed by atoms with van der Waals surface area (Å²) in [5, 5.41) is 11.7. The van der Waals surface area contributed by atoms with Crippen molar-refractivity contribution in [2.24, 2.45) is 0 Å². The van der Waals surface area contributed by atoms with Gasteiger partial charge in [0.2, 0.25) is 0 Å². The SMILES string of the molecule is CCCCCCCCCCCC(CC)(CC)N(O)CC. The summed E-state index contributed by atoms with van der Waals surface area (Å²) < 4.78 is 0. The Bertz CT molecular complexity index is 202. The molecule has 2 nitrogen and oxygen atoms in total. The lowest BCUT2D eigenvalue weighted by Gasteiger charge is -2.38. The highest BCUT2D eigenvalue weighted by Crippen LogP contribution is 2.29. The zero-order chi connectivity index (χ0) is 15.3. The number of rotatable bonds is 14. The minimum Gasteiger partial charge on any atom is -0.313 e. The van der Waals surface area contributed by atoms with Crippen LogP contribution in [0.1, 0.15) is 105 Å². The maximum Gasteiger partial charge on any atom is 0.0455 e. The fourth-order valence-electron chi connectivity index (χ4n) is 3.20. The van der Waals surface area contributed by atoms with Crippen molar-refractivity contribution in [1.29, 1.82) is 0 Å². The molecule has 0 aromatic carbocycles. The molecule has 0 aromatic heterocycles. The lowest BCUT2D eigenvalue weighted by Crippen LogP contribution is -2.45. The van der Waals surface area contributed by atoms with E-state index in [0.29, 0.717) is 0 Å². The number of unbranched alkanes of at least 4 members (excludes halogenated alkanes) is 8. The Hall–Kier alpha value is -0.0800. The third-order valence-corrected chi connectivity index (χ3v) is 4.91. The summed E-state index contributed by atoms with van der Waals surface area (Å²) in [7, 11) is 0. The Kier molecular flexibility index (Phi) is 12.6. The molecule has 0 aromatic rings. The van der Waals surface area contributed by atoms with Crippen LogP contribution in [0.3, 0.4) is 0 Å². The molecule has 0 unspecified atom stereocenters. The van der Waals surface area contributed by atoms with E-state index in [-0.39, 0.29) is 5.54 Å². The van der Waals surface area contributed by atoms with Crippen molar-refractivity contribution in [1.82, 2.24) is 5.06 Å². The van der Waals surface area contributed by atoms with Crippen molar-refractivity contribution < 1.29 is 5.21 Å². The van der Waals surface area contributed by atoms with Crippen molar-refractivity contribution in [2.75, 3.05) is 6.54 Å². The molecule has 0 atom stereocenters. The van der Waals surface area contributed by atoms with E-state index < -0.39 is 0 Å². The van der Waals surface area contributed by atoms with Gasteiger partial charge < -0.3 is 5.21 Å². The highest BCUT2D eigenvalue weighted by molar-refractivity contribution is 4.83. The molecule has 0 aliphatic heterocycles. The Morgan fingerprint density at radius 1 is 0.700 bits per heavy atom. The lowest BCUT2D eigenvalue weighted by atomic mass is 9.86. The first-order chi connectivity index (χ1) is 9.66. The van der Waals surface area contributed by atoms with E-state index in [1.807, 2.05) is 6.92 Å². The summed E-state index contributed by atoms with van der Waals surface area (Å²) in [6.07, 6.45) is 15.6. The molecule has 0 fully saturated rings. The van der Waals surface area contributed by atoms with Crippen molar-refractivity contribution >= 4 is 0 Å². The molecule has 0 rings (SSSR count). The first-order valence-electron chi connectivity index (χ1n) is 9.13. The molecule has 0 amide bonds. The predicted octanol–water partition coefficient (Wildman–Crippen LogP) is 6.18. The minimum absolute atomic E-state index is 0.0237. The van der Waals surface area contributed by atoms with Gasteiger partial charge in [-0.2, -0.15) is 5.06 Å². The normalized spacial score (nSPS) is 12.3. The Morgan fingerprint density at radius 3 is 1.55 bits per heavy atom. The quantitative estimate of drug-likeness (QED) is 0.304. The van der Waals surface area contributed by atoms with Crippen molar-refractivity contribution in [2.45, 2.75) is 110 Å². The van der Waals surface area contributed by atoms with Crippen LogP contribution in [0.4, 0.5) is 0 Å². The second-order valence-corrected chi connectivity index (χ2v) is 6.23. The largest absolute Gasteiger partial charge is 0.313 e. The van der Waals surface area contributed by atoms with E-state index in [1.54, 1.807) is 5.06 Å². The lowest BCUT2D eigenvalue weighted by molar-refractivity contribution is -0.177. The summed E-state index contributed by atoms with van der Waals surface area (Å²) >= 11 is 0. The number of nitrogens with zero attached hydrogens (tertiary/aromatic N) is 1. The van der Waals surface area contributed by atoms with Crippen LogP contribution in [0.2, 0.25) is 0 Å². The fraction of sp³-hybridized carbons (Fsp3) is 1.00. The zero-order valence-electron chi connectivity index (χ0n) is 14.6. The van der Waals surface area contributed by atoms with Gasteiger partial charge in [-0.1, -0.05) is 85.5 Å². The molecule has 0 radical (unpaired) electrons. The maximum atomic E-state index is 10.1. The molecule has 0 bridgehead atoms. The van der Waals surface area contributed by atoms with Gasteiger partial charge in [0.1, 0.15) is 0 Å². The average Bonchev–Trinajstić information content (AvgIpc) is 2.49. The Morgan fingerprint density at radius 2 is 1.15 bits per heavy atom. The summed E-state index contributed by atoms with van der Waals surface area (Å²) in [6, 6.07) is 0. The number of hydrogen-bond donors (Lipinski definition) is 1. The van der Waals surface area contributed by atoms with Gasteiger partial charge >= 0.3 is 0 Å². The van der Waals surface area contributed by atoms with Crippen molar-refractivity contribution in [3.05, 3.63) is 0 Å². The van der Waals surface area contributed by atoms with E-state index >= 15 is 0 Å². The van der Waals surface area contributed by atoms with E-state index in [9.17, 15) is 5.21 Å². The third kappa shape index (κ3) is 7.64. The van der Waals surface area contributed by atoms with Gasteiger partial charge in [-0.25, -0.2) is 0 Å². The highest BCUT2D eigenvalue weighted by Gasteiger charge is 2.30. The van der Waals surface area contributed by atoms with Gasteiger partial charge in [-0.3, -0.25) is 0 Å². The Labute approximate surface area is 127 Å². The third-order valence-electron chi connectivity index (χ3n) is 4.91. The van der Waals surface area contributed by atoms with Crippen molar-refractivity contribution in [3.8, 4) is 0 Å². The first kappa shape index (κ1) is 19.9. The molecule has 0 spiro atoms. The molecule has 0 aliphatic rings. The molecule has 1 N–H and O–H groups in total. The van der Waals surface area contributed by atoms with E-state index in [2.05, 4.69) is 20.8 Å². The van der Waals surface area contributed by atoms with Gasteiger partial charge in [0, 0.05) is 12.1 Å². The van der Waals surface area contributed by atoms with Gasteiger partial charge in [-0.05, 0) is 19.3 Å². The second-order valence-electron chi connectivity index (χ2n) is 6.23. The number of hydroxylamine groups is 2. The van der Waals surface area contributed by atoms with Crippen LogP contribution in [-0.2, 0) is 0 Å². The van der Waals surface area contributed by atoms with Crippen LogP contribution in [-0.4, -0.2) is 22.4 Å².